The average molecular weight is 232 g/mol. The Labute approximate surface area is 92.2 Å². The van der Waals surface area contributed by atoms with E-state index in [2.05, 4.69) is 6.92 Å². The van der Waals surface area contributed by atoms with Gasteiger partial charge in [-0.2, -0.15) is 0 Å². The first kappa shape index (κ1) is 10.8. The molecular weight excluding hydrogens is 220 g/mol. The molecule has 2 N–H and O–H groups in total. The van der Waals surface area contributed by atoms with E-state index in [1.54, 1.807) is 0 Å². The number of rotatable bonds is 2. The maximum Gasteiger partial charge on any atom is 0.160 e. The minimum Gasteiger partial charge on any atom is -0.324 e. The zero-order valence-electron chi connectivity index (χ0n) is 8.31. The smallest absolute Gasteiger partial charge is 0.160 e. The summed E-state index contributed by atoms with van der Waals surface area (Å²) in [6.45, 7) is 2.08. The summed E-state index contributed by atoms with van der Waals surface area (Å²) < 4.78 is 25.8. The largest absolute Gasteiger partial charge is 0.324 e. The van der Waals surface area contributed by atoms with Gasteiger partial charge in [-0.3, -0.25) is 0 Å². The molecule has 1 aliphatic carbocycles. The predicted octanol–water partition coefficient (Wildman–Crippen LogP) is 3.27. The monoisotopic (exact) mass is 231 g/mol. The van der Waals surface area contributed by atoms with Crippen molar-refractivity contribution >= 4 is 11.6 Å². The van der Waals surface area contributed by atoms with E-state index in [4.69, 9.17) is 17.3 Å². The standard InChI is InChI=1S/C11H12ClF2N/c1-5-2-6(5)11(15)7-3-9(13)10(14)4-8(7)12/h3-6,11H,2,15H2,1H3. The van der Waals surface area contributed by atoms with Gasteiger partial charge in [0.2, 0.25) is 0 Å². The van der Waals surface area contributed by atoms with Gasteiger partial charge in [0.15, 0.2) is 11.6 Å². The van der Waals surface area contributed by atoms with Gasteiger partial charge in [-0.1, -0.05) is 18.5 Å². The molecule has 0 aromatic heterocycles. The summed E-state index contributed by atoms with van der Waals surface area (Å²) in [5.74, 6) is -0.936. The van der Waals surface area contributed by atoms with E-state index in [9.17, 15) is 8.78 Å². The maximum absolute atomic E-state index is 13.0. The van der Waals surface area contributed by atoms with Crippen molar-refractivity contribution in [3.05, 3.63) is 34.4 Å². The summed E-state index contributed by atoms with van der Waals surface area (Å²) >= 11 is 5.83. The topological polar surface area (TPSA) is 26.0 Å². The van der Waals surface area contributed by atoms with Crippen molar-refractivity contribution < 1.29 is 8.78 Å². The number of nitrogens with two attached hydrogens (primary N) is 1. The lowest BCUT2D eigenvalue weighted by atomic mass is 10.0. The number of benzene rings is 1. The molecule has 2 rings (SSSR count). The zero-order chi connectivity index (χ0) is 11.2. The summed E-state index contributed by atoms with van der Waals surface area (Å²) in [7, 11) is 0. The highest BCUT2D eigenvalue weighted by atomic mass is 35.5. The second-order valence-electron chi connectivity index (χ2n) is 4.19. The predicted molar refractivity (Wildman–Crippen MR) is 55.6 cm³/mol. The fourth-order valence-corrected chi connectivity index (χ4v) is 2.15. The molecule has 0 spiro atoms. The van der Waals surface area contributed by atoms with E-state index < -0.39 is 11.6 Å². The molecule has 0 bridgehead atoms. The molecular formula is C11H12ClF2N. The Morgan fingerprint density at radius 1 is 1.40 bits per heavy atom. The Hall–Kier alpha value is -0.670. The summed E-state index contributed by atoms with van der Waals surface area (Å²) in [5.41, 5.74) is 6.44. The van der Waals surface area contributed by atoms with E-state index in [1.807, 2.05) is 0 Å². The molecule has 0 radical (unpaired) electrons. The van der Waals surface area contributed by atoms with Crippen LogP contribution >= 0.6 is 11.6 Å². The van der Waals surface area contributed by atoms with E-state index in [-0.39, 0.29) is 11.1 Å². The highest BCUT2D eigenvalue weighted by Gasteiger charge is 2.39. The number of hydrogen-bond acceptors (Lipinski definition) is 1. The van der Waals surface area contributed by atoms with Gasteiger partial charge in [-0.15, -0.1) is 0 Å². The van der Waals surface area contributed by atoms with Crippen molar-refractivity contribution in [3.63, 3.8) is 0 Å². The summed E-state index contributed by atoms with van der Waals surface area (Å²) in [5, 5.41) is 0.209. The van der Waals surface area contributed by atoms with Gasteiger partial charge >= 0.3 is 0 Å². The van der Waals surface area contributed by atoms with Gasteiger partial charge in [0.25, 0.3) is 0 Å². The van der Waals surface area contributed by atoms with E-state index in [0.717, 1.165) is 18.6 Å². The lowest BCUT2D eigenvalue weighted by Crippen LogP contribution is -2.14. The van der Waals surface area contributed by atoms with Crippen LogP contribution < -0.4 is 5.73 Å². The summed E-state index contributed by atoms with van der Waals surface area (Å²) in [4.78, 5) is 0. The van der Waals surface area contributed by atoms with Gasteiger partial charge < -0.3 is 5.73 Å². The van der Waals surface area contributed by atoms with E-state index in [0.29, 0.717) is 17.4 Å². The molecule has 4 heteroatoms. The number of hydrogen-bond donors (Lipinski definition) is 1. The normalized spacial score (nSPS) is 26.5. The molecule has 3 unspecified atom stereocenters. The lowest BCUT2D eigenvalue weighted by molar-refractivity contribution is 0.501. The van der Waals surface area contributed by atoms with Gasteiger partial charge in [-0.05, 0) is 36.0 Å². The van der Waals surface area contributed by atoms with Crippen molar-refractivity contribution in [1.82, 2.24) is 0 Å². The van der Waals surface area contributed by atoms with Crippen molar-refractivity contribution in [1.29, 1.82) is 0 Å². The Kier molecular flexibility index (Phi) is 2.69. The van der Waals surface area contributed by atoms with Crippen LogP contribution in [0.15, 0.2) is 12.1 Å². The van der Waals surface area contributed by atoms with Gasteiger partial charge in [-0.25, -0.2) is 8.78 Å². The van der Waals surface area contributed by atoms with Gasteiger partial charge in [0, 0.05) is 11.1 Å². The molecule has 3 atom stereocenters. The Morgan fingerprint density at radius 2 is 1.93 bits per heavy atom. The van der Waals surface area contributed by atoms with Crippen molar-refractivity contribution in [2.75, 3.05) is 0 Å². The molecule has 1 nitrogen and oxygen atoms in total. The molecule has 1 fully saturated rings. The molecule has 1 saturated carbocycles. The van der Waals surface area contributed by atoms with Crippen molar-refractivity contribution in [2.24, 2.45) is 17.6 Å². The molecule has 0 saturated heterocycles. The van der Waals surface area contributed by atoms with Crippen LogP contribution in [0.1, 0.15) is 24.9 Å². The number of halogens is 3. The maximum atomic E-state index is 13.0. The quantitative estimate of drug-likeness (QED) is 0.777. The molecule has 82 valence electrons. The fraction of sp³-hybridized carbons (Fsp3) is 0.455. The van der Waals surface area contributed by atoms with Crippen LogP contribution in [0.4, 0.5) is 8.78 Å². The van der Waals surface area contributed by atoms with Gasteiger partial charge in [0.05, 0.1) is 0 Å². The van der Waals surface area contributed by atoms with Gasteiger partial charge in [0.1, 0.15) is 0 Å². The Morgan fingerprint density at radius 3 is 2.47 bits per heavy atom. The molecule has 1 aliphatic rings. The third kappa shape index (κ3) is 1.99. The average Bonchev–Trinajstić information content (AvgIpc) is 2.88. The van der Waals surface area contributed by atoms with Crippen LogP contribution in [0.5, 0.6) is 0 Å². The van der Waals surface area contributed by atoms with Crippen molar-refractivity contribution in [2.45, 2.75) is 19.4 Å². The molecule has 1 aromatic carbocycles. The van der Waals surface area contributed by atoms with Crippen molar-refractivity contribution in [3.8, 4) is 0 Å². The highest BCUT2D eigenvalue weighted by molar-refractivity contribution is 6.31. The minimum atomic E-state index is -0.931. The highest BCUT2D eigenvalue weighted by Crippen LogP contribution is 2.47. The summed E-state index contributed by atoms with van der Waals surface area (Å²) in [6.07, 6.45) is 1.02. The first-order valence-corrected chi connectivity index (χ1v) is 5.28. The SMILES string of the molecule is CC1CC1C(N)c1cc(F)c(F)cc1Cl. The minimum absolute atomic E-state index is 0.209. The lowest BCUT2D eigenvalue weighted by Gasteiger charge is -2.13. The third-order valence-electron chi connectivity index (χ3n) is 3.03. The Bertz CT molecular complexity index is 394. The first-order chi connectivity index (χ1) is 7.00. The molecule has 0 heterocycles. The van der Waals surface area contributed by atoms with Crippen LogP contribution in [0.2, 0.25) is 5.02 Å². The van der Waals surface area contributed by atoms with Crippen LogP contribution in [0, 0.1) is 23.5 Å². The van der Waals surface area contributed by atoms with Crippen LogP contribution in [0.25, 0.3) is 0 Å². The molecule has 0 aliphatic heterocycles. The van der Waals surface area contributed by atoms with Crippen LogP contribution in [0.3, 0.4) is 0 Å². The Balaban J connectivity index is 2.31. The van der Waals surface area contributed by atoms with Crippen LogP contribution in [-0.4, -0.2) is 0 Å². The fourth-order valence-electron chi connectivity index (χ4n) is 1.88. The zero-order valence-corrected chi connectivity index (χ0v) is 9.06. The molecule has 1 aromatic rings. The molecule has 15 heavy (non-hydrogen) atoms. The van der Waals surface area contributed by atoms with Crippen LogP contribution in [-0.2, 0) is 0 Å². The first-order valence-electron chi connectivity index (χ1n) is 4.90. The summed E-state index contributed by atoms with van der Waals surface area (Å²) in [6, 6.07) is 1.80. The second kappa shape index (κ2) is 3.72. The van der Waals surface area contributed by atoms with E-state index >= 15 is 0 Å². The molecule has 0 amide bonds. The second-order valence-corrected chi connectivity index (χ2v) is 4.60. The third-order valence-corrected chi connectivity index (χ3v) is 3.36. The van der Waals surface area contributed by atoms with E-state index in [1.165, 1.54) is 0 Å².